The van der Waals surface area contributed by atoms with Gasteiger partial charge in [0.1, 0.15) is 0 Å². The van der Waals surface area contributed by atoms with Gasteiger partial charge in [0.15, 0.2) is 0 Å². The van der Waals surface area contributed by atoms with Crippen molar-refractivity contribution in [1.82, 2.24) is 0 Å². The van der Waals surface area contributed by atoms with E-state index in [2.05, 4.69) is 225 Å². The molecule has 0 amide bonds. The van der Waals surface area contributed by atoms with Crippen molar-refractivity contribution in [2.75, 3.05) is 0 Å². The molecule has 0 radical (unpaired) electrons. The average Bonchev–Trinajstić information content (AvgIpc) is 3.18. The molecular weight excluding hydrogens is 673 g/mol. The first-order chi connectivity index (χ1) is 27.0. The molecule has 0 saturated carbocycles. The van der Waals surface area contributed by atoms with Crippen molar-refractivity contribution in [2.45, 2.75) is 67.2 Å². The Labute approximate surface area is 336 Å². The minimum absolute atomic E-state index is 0.189. The van der Waals surface area contributed by atoms with Crippen LogP contribution < -0.4 is 0 Å². The Bertz CT molecular complexity index is 2340. The Morgan fingerprint density at radius 1 is 0.286 bits per heavy atom. The monoisotopic (exact) mass is 726 g/mol. The maximum absolute atomic E-state index is 2.37. The largest absolute Gasteiger partial charge is 0.0590 e. The van der Waals surface area contributed by atoms with Gasteiger partial charge < -0.3 is 0 Å². The molecule has 0 aliphatic carbocycles. The molecule has 2 atom stereocenters. The summed E-state index contributed by atoms with van der Waals surface area (Å²) >= 11 is 0. The Hall–Kier alpha value is -5.98. The Morgan fingerprint density at radius 2 is 0.625 bits per heavy atom. The van der Waals surface area contributed by atoms with Crippen molar-refractivity contribution in [2.24, 2.45) is 0 Å². The third-order valence-corrected chi connectivity index (χ3v) is 11.4. The molecule has 0 bridgehead atoms. The molecule has 7 aromatic carbocycles. The topological polar surface area (TPSA) is 0 Å². The van der Waals surface area contributed by atoms with Crippen LogP contribution in [0.5, 0.6) is 0 Å². The standard InChI is InChI=1S/C56H54/c1-37-9-21-49(22-10-37)55(53-31-13-39(3)33-43(53)7)51-29-27-47(41(5)35-51)25-19-45-15-17-46(18-16-45)20-26-48-28-30-52(36-42(48)6)56(50-23-11-38(2)12-24-50)54-32-14-40(4)34-44(54)8/h9-36,55-56H,1-8H3. The van der Waals surface area contributed by atoms with E-state index in [0.29, 0.717) is 0 Å². The summed E-state index contributed by atoms with van der Waals surface area (Å²) in [5.41, 5.74) is 23.3. The summed E-state index contributed by atoms with van der Waals surface area (Å²) in [6.07, 6.45) is 8.93. The van der Waals surface area contributed by atoms with Crippen LogP contribution in [-0.4, -0.2) is 0 Å². The molecule has 0 N–H and O–H groups in total. The van der Waals surface area contributed by atoms with E-state index in [-0.39, 0.29) is 11.8 Å². The lowest BCUT2D eigenvalue weighted by Crippen LogP contribution is -2.06. The van der Waals surface area contributed by atoms with Gasteiger partial charge in [0.05, 0.1) is 0 Å². The lowest BCUT2D eigenvalue weighted by Gasteiger charge is -2.22. The smallest absolute Gasteiger partial charge is 0.0342 e. The quantitative estimate of drug-likeness (QED) is 0.0972. The van der Waals surface area contributed by atoms with Gasteiger partial charge in [0, 0.05) is 11.8 Å². The fraction of sp³-hybridized carbons (Fsp3) is 0.179. The molecule has 278 valence electrons. The molecule has 0 aliphatic heterocycles. The van der Waals surface area contributed by atoms with Gasteiger partial charge in [-0.05, 0) is 133 Å². The van der Waals surface area contributed by atoms with Gasteiger partial charge in [-0.2, -0.15) is 0 Å². The zero-order chi connectivity index (χ0) is 39.3. The van der Waals surface area contributed by atoms with E-state index in [0.717, 1.165) is 0 Å². The molecule has 2 unspecified atom stereocenters. The third-order valence-electron chi connectivity index (χ3n) is 11.4. The van der Waals surface area contributed by atoms with E-state index >= 15 is 0 Å². The predicted molar refractivity (Wildman–Crippen MR) is 243 cm³/mol. The summed E-state index contributed by atoms with van der Waals surface area (Å²) in [5.74, 6) is 0.377. The van der Waals surface area contributed by atoms with Gasteiger partial charge in [-0.3, -0.25) is 0 Å². The first-order valence-corrected chi connectivity index (χ1v) is 20.0. The molecule has 0 heteroatoms. The van der Waals surface area contributed by atoms with Crippen LogP contribution in [-0.2, 0) is 0 Å². The predicted octanol–water partition coefficient (Wildman–Crippen LogP) is 14.9. The lowest BCUT2D eigenvalue weighted by molar-refractivity contribution is 0.956. The normalized spacial score (nSPS) is 12.7. The number of aryl methyl sites for hydroxylation is 8. The molecule has 7 rings (SSSR count). The molecular formula is C56H54. The van der Waals surface area contributed by atoms with Gasteiger partial charge in [-0.25, -0.2) is 0 Å². The fourth-order valence-electron chi connectivity index (χ4n) is 8.14. The highest BCUT2D eigenvalue weighted by atomic mass is 14.2. The van der Waals surface area contributed by atoms with Gasteiger partial charge in [0.2, 0.25) is 0 Å². The molecule has 0 aromatic heterocycles. The highest BCUT2D eigenvalue weighted by molar-refractivity contribution is 5.75. The molecule has 7 aromatic rings. The first-order valence-electron chi connectivity index (χ1n) is 20.0. The number of hydrogen-bond donors (Lipinski definition) is 0. The van der Waals surface area contributed by atoms with Crippen LogP contribution in [0.25, 0.3) is 24.3 Å². The summed E-state index contributed by atoms with van der Waals surface area (Å²) in [6, 6.07) is 54.5. The number of benzene rings is 7. The highest BCUT2D eigenvalue weighted by Gasteiger charge is 2.21. The summed E-state index contributed by atoms with van der Waals surface area (Å²) in [4.78, 5) is 0. The second-order valence-corrected chi connectivity index (χ2v) is 16.0. The molecule has 56 heavy (non-hydrogen) atoms. The van der Waals surface area contributed by atoms with E-state index in [1.165, 1.54) is 100 Å². The van der Waals surface area contributed by atoms with E-state index in [1.54, 1.807) is 0 Å². The summed E-state index contributed by atoms with van der Waals surface area (Å²) < 4.78 is 0. The van der Waals surface area contributed by atoms with Crippen molar-refractivity contribution in [3.63, 3.8) is 0 Å². The van der Waals surface area contributed by atoms with E-state index in [9.17, 15) is 0 Å². The van der Waals surface area contributed by atoms with Crippen LogP contribution in [0.15, 0.2) is 146 Å². The second kappa shape index (κ2) is 16.8. The fourth-order valence-corrected chi connectivity index (χ4v) is 8.14. The Kier molecular flexibility index (Phi) is 11.5. The zero-order valence-corrected chi connectivity index (χ0v) is 34.3. The third kappa shape index (κ3) is 8.77. The molecule has 0 aliphatic rings. The minimum Gasteiger partial charge on any atom is -0.0590 e. The van der Waals surface area contributed by atoms with Crippen molar-refractivity contribution >= 4 is 24.3 Å². The second-order valence-electron chi connectivity index (χ2n) is 16.0. The van der Waals surface area contributed by atoms with E-state index in [4.69, 9.17) is 0 Å². The summed E-state index contributed by atoms with van der Waals surface area (Å²) in [5, 5.41) is 0. The van der Waals surface area contributed by atoms with Crippen LogP contribution in [0, 0.1) is 55.4 Å². The van der Waals surface area contributed by atoms with Crippen molar-refractivity contribution in [1.29, 1.82) is 0 Å². The highest BCUT2D eigenvalue weighted by Crippen LogP contribution is 2.37. The van der Waals surface area contributed by atoms with Gasteiger partial charge in [0.25, 0.3) is 0 Å². The number of hydrogen-bond acceptors (Lipinski definition) is 0. The van der Waals surface area contributed by atoms with Crippen LogP contribution in [0.1, 0.15) is 112 Å². The van der Waals surface area contributed by atoms with Crippen LogP contribution in [0.2, 0.25) is 0 Å². The molecule has 0 nitrogen and oxygen atoms in total. The van der Waals surface area contributed by atoms with E-state index < -0.39 is 0 Å². The lowest BCUT2D eigenvalue weighted by atomic mass is 9.81. The Balaban J connectivity index is 1.07. The molecule has 0 fully saturated rings. The van der Waals surface area contributed by atoms with Crippen LogP contribution >= 0.6 is 0 Å². The molecule has 0 spiro atoms. The zero-order valence-electron chi connectivity index (χ0n) is 34.3. The van der Waals surface area contributed by atoms with Crippen molar-refractivity contribution < 1.29 is 0 Å². The van der Waals surface area contributed by atoms with Crippen molar-refractivity contribution in [3.8, 4) is 0 Å². The Morgan fingerprint density at radius 3 is 0.964 bits per heavy atom. The maximum atomic E-state index is 2.37. The van der Waals surface area contributed by atoms with Crippen molar-refractivity contribution in [3.05, 3.63) is 246 Å². The van der Waals surface area contributed by atoms with Gasteiger partial charge in [-0.15, -0.1) is 0 Å². The first kappa shape index (κ1) is 38.3. The van der Waals surface area contributed by atoms with Crippen LogP contribution in [0.4, 0.5) is 0 Å². The van der Waals surface area contributed by atoms with E-state index in [1.807, 2.05) is 0 Å². The number of rotatable bonds is 10. The molecule has 0 saturated heterocycles. The summed E-state index contributed by atoms with van der Waals surface area (Å²) in [6.45, 7) is 17.6. The maximum Gasteiger partial charge on any atom is 0.0342 e. The SMILES string of the molecule is Cc1ccc(C(c2ccc(C=Cc3ccc(C=Cc4ccc(C(c5ccc(C)cc5)c5ccc(C)cc5C)cc4C)cc3)c(C)c2)c2ccc(C)cc2C)cc1. The van der Waals surface area contributed by atoms with Gasteiger partial charge >= 0.3 is 0 Å². The summed E-state index contributed by atoms with van der Waals surface area (Å²) in [7, 11) is 0. The molecule has 0 heterocycles. The van der Waals surface area contributed by atoms with Gasteiger partial charge in [-0.1, -0.05) is 192 Å². The minimum atomic E-state index is 0.189. The average molecular weight is 727 g/mol. The van der Waals surface area contributed by atoms with Crippen LogP contribution in [0.3, 0.4) is 0 Å².